The molecule has 1 amide bonds. The molecule has 0 radical (unpaired) electrons. The average molecular weight is 405 g/mol. The first-order chi connectivity index (χ1) is 12.4. The predicted octanol–water partition coefficient (Wildman–Crippen LogP) is 4.44. The van der Waals surface area contributed by atoms with E-state index in [2.05, 4.69) is 10.6 Å². The van der Waals surface area contributed by atoms with Crippen LogP contribution in [0.4, 0.5) is 13.2 Å². The minimum absolute atomic E-state index is 0. The van der Waals surface area contributed by atoms with Crippen molar-refractivity contribution in [1.29, 1.82) is 0 Å². The van der Waals surface area contributed by atoms with Crippen molar-refractivity contribution >= 4 is 18.3 Å². The maximum absolute atomic E-state index is 13.1. The van der Waals surface area contributed by atoms with Crippen LogP contribution < -0.4 is 10.6 Å². The molecule has 1 saturated carbocycles. The molecule has 1 aromatic carbocycles. The summed E-state index contributed by atoms with van der Waals surface area (Å²) < 4.78 is 39.4. The molecule has 1 aliphatic heterocycles. The Labute approximate surface area is 164 Å². The van der Waals surface area contributed by atoms with Crippen molar-refractivity contribution in [3.8, 4) is 0 Å². The first-order valence-electron chi connectivity index (χ1n) is 9.57. The third-order valence-electron chi connectivity index (χ3n) is 5.92. The Morgan fingerprint density at radius 2 is 1.81 bits per heavy atom. The molecule has 0 spiro atoms. The van der Waals surface area contributed by atoms with Gasteiger partial charge in [0, 0.05) is 17.9 Å². The van der Waals surface area contributed by atoms with Gasteiger partial charge in [0.2, 0.25) is 5.91 Å². The van der Waals surface area contributed by atoms with Gasteiger partial charge in [-0.3, -0.25) is 4.79 Å². The van der Waals surface area contributed by atoms with Gasteiger partial charge in [0.25, 0.3) is 0 Å². The van der Waals surface area contributed by atoms with E-state index in [1.54, 1.807) is 6.07 Å². The third kappa shape index (κ3) is 5.38. The van der Waals surface area contributed by atoms with E-state index in [4.69, 9.17) is 0 Å². The van der Waals surface area contributed by atoms with Gasteiger partial charge in [-0.05, 0) is 50.4 Å². The first kappa shape index (κ1) is 22.0. The standard InChI is InChI=1S/C20H27F3N2O.ClH/c21-20(22,23)17-6-4-5-16(13-17)19(9-2-1-3-10-19)14-25-18(26)15-7-11-24-12-8-15;/h4-6,13,15,24H,1-3,7-12,14H2,(H,25,26);1H. The van der Waals surface area contributed by atoms with Gasteiger partial charge in [-0.15, -0.1) is 12.4 Å². The predicted molar refractivity (Wildman–Crippen MR) is 102 cm³/mol. The highest BCUT2D eigenvalue weighted by Crippen LogP contribution is 2.41. The van der Waals surface area contributed by atoms with E-state index in [0.717, 1.165) is 64.1 Å². The highest BCUT2D eigenvalue weighted by molar-refractivity contribution is 5.85. The summed E-state index contributed by atoms with van der Waals surface area (Å²) in [5.74, 6) is 0.0572. The fourth-order valence-electron chi connectivity index (χ4n) is 4.31. The van der Waals surface area contributed by atoms with Gasteiger partial charge >= 0.3 is 6.18 Å². The summed E-state index contributed by atoms with van der Waals surface area (Å²) in [5, 5.41) is 6.31. The highest BCUT2D eigenvalue weighted by atomic mass is 35.5. The summed E-state index contributed by atoms with van der Waals surface area (Å²) in [6.45, 7) is 2.12. The normalized spacial score (nSPS) is 20.6. The number of alkyl halides is 3. The molecule has 0 aromatic heterocycles. The fourth-order valence-corrected chi connectivity index (χ4v) is 4.31. The van der Waals surface area contributed by atoms with E-state index in [1.165, 1.54) is 12.1 Å². The summed E-state index contributed by atoms with van der Waals surface area (Å²) in [5.41, 5.74) is -0.287. The number of carbonyl (C=O) groups excluding carboxylic acids is 1. The molecule has 152 valence electrons. The summed E-state index contributed by atoms with van der Waals surface area (Å²) in [4.78, 5) is 12.5. The second-order valence-electron chi connectivity index (χ2n) is 7.66. The zero-order valence-electron chi connectivity index (χ0n) is 15.4. The van der Waals surface area contributed by atoms with Gasteiger partial charge in [0.15, 0.2) is 0 Å². The van der Waals surface area contributed by atoms with Crippen molar-refractivity contribution in [3.05, 3.63) is 35.4 Å². The first-order valence-corrected chi connectivity index (χ1v) is 9.57. The van der Waals surface area contributed by atoms with Gasteiger partial charge in [-0.2, -0.15) is 13.2 Å². The molecule has 1 aromatic rings. The van der Waals surface area contributed by atoms with E-state index in [9.17, 15) is 18.0 Å². The van der Waals surface area contributed by atoms with E-state index < -0.39 is 11.7 Å². The number of carbonyl (C=O) groups is 1. The summed E-state index contributed by atoms with van der Waals surface area (Å²) in [7, 11) is 0. The van der Waals surface area contributed by atoms with Gasteiger partial charge in [-0.1, -0.05) is 37.5 Å². The molecule has 0 atom stereocenters. The molecule has 1 aliphatic carbocycles. The maximum Gasteiger partial charge on any atom is 0.416 e. The molecule has 7 heteroatoms. The van der Waals surface area contributed by atoms with Crippen molar-refractivity contribution < 1.29 is 18.0 Å². The number of hydrogen-bond donors (Lipinski definition) is 2. The van der Waals surface area contributed by atoms with Crippen LogP contribution in [0.25, 0.3) is 0 Å². The fraction of sp³-hybridized carbons (Fsp3) is 0.650. The summed E-state index contributed by atoms with van der Waals surface area (Å²) >= 11 is 0. The van der Waals surface area contributed by atoms with Gasteiger partial charge in [0.1, 0.15) is 0 Å². The summed E-state index contributed by atoms with van der Waals surface area (Å²) in [6, 6.07) is 5.68. The van der Waals surface area contributed by atoms with Crippen LogP contribution in [0.3, 0.4) is 0 Å². The number of halogens is 4. The molecule has 3 nitrogen and oxygen atoms in total. The number of nitrogens with one attached hydrogen (secondary N) is 2. The number of piperidine rings is 1. The Hall–Kier alpha value is -1.27. The maximum atomic E-state index is 13.1. The molecular weight excluding hydrogens is 377 g/mol. The van der Waals surface area contributed by atoms with Crippen molar-refractivity contribution in [1.82, 2.24) is 10.6 Å². The van der Waals surface area contributed by atoms with Gasteiger partial charge in [-0.25, -0.2) is 0 Å². The van der Waals surface area contributed by atoms with Gasteiger partial charge in [0.05, 0.1) is 5.56 Å². The molecular formula is C20H28ClF3N2O. The zero-order valence-corrected chi connectivity index (χ0v) is 16.2. The highest BCUT2D eigenvalue weighted by Gasteiger charge is 2.37. The molecule has 3 rings (SSSR count). The van der Waals surface area contributed by atoms with Crippen molar-refractivity contribution in [2.24, 2.45) is 5.92 Å². The molecule has 2 aliphatic rings. The average Bonchev–Trinajstić information content (AvgIpc) is 2.67. The molecule has 2 N–H and O–H groups in total. The number of benzene rings is 1. The van der Waals surface area contributed by atoms with Crippen LogP contribution in [-0.4, -0.2) is 25.5 Å². The molecule has 2 fully saturated rings. The second-order valence-corrected chi connectivity index (χ2v) is 7.66. The third-order valence-corrected chi connectivity index (χ3v) is 5.92. The van der Waals surface area contributed by atoms with Gasteiger partial charge < -0.3 is 10.6 Å². The van der Waals surface area contributed by atoms with Crippen molar-refractivity contribution in [2.45, 2.75) is 56.5 Å². The molecule has 0 bridgehead atoms. The second kappa shape index (κ2) is 9.28. The molecule has 0 unspecified atom stereocenters. The number of rotatable bonds is 4. The lowest BCUT2D eigenvalue weighted by Crippen LogP contribution is -2.45. The SMILES string of the molecule is Cl.O=C(NCC1(c2cccc(C(F)(F)F)c2)CCCCC1)C1CCNCC1. The largest absolute Gasteiger partial charge is 0.416 e. The van der Waals surface area contributed by atoms with E-state index in [0.29, 0.717) is 12.1 Å². The van der Waals surface area contributed by atoms with E-state index in [1.807, 2.05) is 0 Å². The Morgan fingerprint density at radius 3 is 2.44 bits per heavy atom. The Morgan fingerprint density at radius 1 is 1.15 bits per heavy atom. The zero-order chi connectivity index (χ0) is 18.6. The molecule has 1 saturated heterocycles. The quantitative estimate of drug-likeness (QED) is 0.778. The van der Waals surface area contributed by atoms with Crippen molar-refractivity contribution in [3.63, 3.8) is 0 Å². The lowest BCUT2D eigenvalue weighted by Gasteiger charge is -2.39. The molecule has 1 heterocycles. The van der Waals surface area contributed by atoms with E-state index >= 15 is 0 Å². The minimum Gasteiger partial charge on any atom is -0.355 e. The Kier molecular flexibility index (Phi) is 7.57. The van der Waals surface area contributed by atoms with Crippen LogP contribution in [-0.2, 0) is 16.4 Å². The minimum atomic E-state index is -4.34. The lowest BCUT2D eigenvalue weighted by molar-refractivity contribution is -0.137. The number of hydrogen-bond acceptors (Lipinski definition) is 2. The smallest absolute Gasteiger partial charge is 0.355 e. The monoisotopic (exact) mass is 404 g/mol. The van der Waals surface area contributed by atoms with Crippen LogP contribution in [0.2, 0.25) is 0 Å². The van der Waals surface area contributed by atoms with Crippen LogP contribution in [0.1, 0.15) is 56.1 Å². The number of amides is 1. The lowest BCUT2D eigenvalue weighted by atomic mass is 9.69. The van der Waals surface area contributed by atoms with Crippen LogP contribution in [0.15, 0.2) is 24.3 Å². The van der Waals surface area contributed by atoms with Crippen LogP contribution in [0.5, 0.6) is 0 Å². The Balaban J connectivity index is 0.00000261. The Bertz CT molecular complexity index is 624. The van der Waals surface area contributed by atoms with Crippen molar-refractivity contribution in [2.75, 3.05) is 19.6 Å². The van der Waals surface area contributed by atoms with Crippen LogP contribution in [0, 0.1) is 5.92 Å². The van der Waals surface area contributed by atoms with E-state index in [-0.39, 0.29) is 29.6 Å². The molecule has 27 heavy (non-hydrogen) atoms. The summed E-state index contributed by atoms with van der Waals surface area (Å²) in [6.07, 6.45) is 2.01. The van der Waals surface area contributed by atoms with Crippen LogP contribution >= 0.6 is 12.4 Å². The topological polar surface area (TPSA) is 41.1 Å².